The molecule has 3 rings (SSSR count). The van der Waals surface area contributed by atoms with Gasteiger partial charge in [-0.2, -0.15) is 0 Å². The number of hydrogen-bond acceptors (Lipinski definition) is 3. The highest BCUT2D eigenvalue weighted by atomic mass is 35.5. The summed E-state index contributed by atoms with van der Waals surface area (Å²) in [4.78, 5) is 6.51. The molecule has 0 amide bonds. The first-order chi connectivity index (χ1) is 10.3. The van der Waals surface area contributed by atoms with E-state index in [1.54, 1.807) is 6.20 Å². The molecule has 4 heteroatoms. The molecule has 1 unspecified atom stereocenters. The first kappa shape index (κ1) is 14.5. The van der Waals surface area contributed by atoms with Gasteiger partial charge in [0.2, 0.25) is 0 Å². The number of halogens is 1. The predicted molar refractivity (Wildman–Crippen MR) is 86.5 cm³/mol. The van der Waals surface area contributed by atoms with Crippen molar-refractivity contribution in [3.63, 3.8) is 0 Å². The van der Waals surface area contributed by atoms with Gasteiger partial charge < -0.3 is 5.32 Å². The summed E-state index contributed by atoms with van der Waals surface area (Å²) in [6, 6.07) is 13.2. The van der Waals surface area contributed by atoms with Gasteiger partial charge in [0.05, 0.1) is 5.02 Å². The van der Waals surface area contributed by atoms with Crippen LogP contribution in [-0.2, 0) is 13.0 Å². The maximum atomic E-state index is 6.20. The third kappa shape index (κ3) is 4.03. The molecule has 0 spiro atoms. The van der Waals surface area contributed by atoms with Crippen LogP contribution in [0, 0.1) is 0 Å². The zero-order chi connectivity index (χ0) is 14.5. The lowest BCUT2D eigenvalue weighted by molar-refractivity contribution is 0.192. The van der Waals surface area contributed by atoms with Crippen molar-refractivity contribution in [2.75, 3.05) is 19.6 Å². The summed E-state index contributed by atoms with van der Waals surface area (Å²) < 4.78 is 0. The second-order valence-corrected chi connectivity index (χ2v) is 5.95. The molecule has 2 heterocycles. The number of piperazine rings is 1. The average molecular weight is 302 g/mol. The van der Waals surface area contributed by atoms with Crippen LogP contribution in [0.2, 0.25) is 5.02 Å². The minimum absolute atomic E-state index is 0.502. The highest BCUT2D eigenvalue weighted by Gasteiger charge is 2.20. The Balaban J connectivity index is 1.60. The lowest BCUT2D eigenvalue weighted by atomic mass is 10.0. The van der Waals surface area contributed by atoms with Crippen molar-refractivity contribution in [3.05, 3.63) is 64.9 Å². The minimum atomic E-state index is 0.502. The van der Waals surface area contributed by atoms with Crippen LogP contribution >= 0.6 is 11.6 Å². The molecule has 0 saturated carbocycles. The van der Waals surface area contributed by atoms with Crippen molar-refractivity contribution in [2.45, 2.75) is 19.0 Å². The quantitative estimate of drug-likeness (QED) is 0.941. The molecule has 1 aromatic heterocycles. The van der Waals surface area contributed by atoms with Gasteiger partial charge in [0, 0.05) is 44.6 Å². The highest BCUT2D eigenvalue weighted by Crippen LogP contribution is 2.17. The van der Waals surface area contributed by atoms with Crippen molar-refractivity contribution in [1.82, 2.24) is 15.2 Å². The Kier molecular flexibility index (Phi) is 4.86. The Morgan fingerprint density at radius 2 is 2.10 bits per heavy atom. The highest BCUT2D eigenvalue weighted by molar-refractivity contribution is 6.31. The number of nitrogens with one attached hydrogen (secondary N) is 1. The molecule has 1 aromatic carbocycles. The van der Waals surface area contributed by atoms with Gasteiger partial charge in [0.25, 0.3) is 0 Å². The lowest BCUT2D eigenvalue weighted by Gasteiger charge is -2.34. The number of nitrogens with zero attached hydrogens (tertiary/aromatic N) is 2. The monoisotopic (exact) mass is 301 g/mol. The molecule has 1 N–H and O–H groups in total. The van der Waals surface area contributed by atoms with Crippen LogP contribution in [-0.4, -0.2) is 35.6 Å². The molecule has 0 radical (unpaired) electrons. The van der Waals surface area contributed by atoms with E-state index in [1.807, 2.05) is 12.3 Å². The van der Waals surface area contributed by atoms with Gasteiger partial charge in [0.15, 0.2) is 0 Å². The Hall–Kier alpha value is -1.42. The first-order valence-electron chi connectivity index (χ1n) is 7.39. The fraction of sp³-hybridized carbons (Fsp3) is 0.353. The topological polar surface area (TPSA) is 28.2 Å². The Morgan fingerprint density at radius 3 is 2.90 bits per heavy atom. The third-order valence-corrected chi connectivity index (χ3v) is 4.26. The molecule has 2 aromatic rings. The summed E-state index contributed by atoms with van der Waals surface area (Å²) in [5.74, 6) is 0. The summed E-state index contributed by atoms with van der Waals surface area (Å²) in [6.07, 6.45) is 4.60. The zero-order valence-corrected chi connectivity index (χ0v) is 12.8. The van der Waals surface area contributed by atoms with Gasteiger partial charge in [-0.05, 0) is 23.6 Å². The van der Waals surface area contributed by atoms with Gasteiger partial charge in [-0.15, -0.1) is 0 Å². The zero-order valence-electron chi connectivity index (χ0n) is 12.0. The Bertz CT molecular complexity index is 573. The molecule has 110 valence electrons. The van der Waals surface area contributed by atoms with Gasteiger partial charge in [-0.3, -0.25) is 9.88 Å². The maximum absolute atomic E-state index is 6.20. The van der Waals surface area contributed by atoms with E-state index < -0.39 is 0 Å². The van der Waals surface area contributed by atoms with Crippen LogP contribution in [0.15, 0.2) is 48.8 Å². The molecule has 0 bridgehead atoms. The van der Waals surface area contributed by atoms with Gasteiger partial charge >= 0.3 is 0 Å². The summed E-state index contributed by atoms with van der Waals surface area (Å²) in [5, 5.41) is 4.37. The molecule has 1 fully saturated rings. The van der Waals surface area contributed by atoms with E-state index in [0.29, 0.717) is 6.04 Å². The summed E-state index contributed by atoms with van der Waals surface area (Å²) in [5.41, 5.74) is 2.55. The third-order valence-electron chi connectivity index (χ3n) is 3.91. The first-order valence-corrected chi connectivity index (χ1v) is 7.77. The van der Waals surface area contributed by atoms with E-state index in [0.717, 1.165) is 43.2 Å². The number of hydrogen-bond donors (Lipinski definition) is 1. The molecule has 1 aliphatic rings. The van der Waals surface area contributed by atoms with Crippen LogP contribution in [0.4, 0.5) is 0 Å². The fourth-order valence-electron chi connectivity index (χ4n) is 2.85. The van der Waals surface area contributed by atoms with Crippen LogP contribution < -0.4 is 5.32 Å². The molecule has 21 heavy (non-hydrogen) atoms. The minimum Gasteiger partial charge on any atom is -0.311 e. The van der Waals surface area contributed by atoms with Crippen molar-refractivity contribution >= 4 is 11.6 Å². The van der Waals surface area contributed by atoms with E-state index in [-0.39, 0.29) is 0 Å². The van der Waals surface area contributed by atoms with Gasteiger partial charge in [-0.1, -0.05) is 41.9 Å². The normalized spacial score (nSPS) is 19.6. The predicted octanol–water partition coefficient (Wildman–Crippen LogP) is 2.75. The van der Waals surface area contributed by atoms with E-state index in [9.17, 15) is 0 Å². The SMILES string of the molecule is Clc1cnccc1CN1CCNC(Cc2ccccc2)C1. The smallest absolute Gasteiger partial charge is 0.0634 e. The van der Waals surface area contributed by atoms with Crippen LogP contribution in [0.5, 0.6) is 0 Å². The van der Waals surface area contributed by atoms with E-state index in [2.05, 4.69) is 45.5 Å². The molecular weight excluding hydrogens is 282 g/mol. The fourth-order valence-corrected chi connectivity index (χ4v) is 3.03. The second-order valence-electron chi connectivity index (χ2n) is 5.54. The van der Waals surface area contributed by atoms with Crippen molar-refractivity contribution in [1.29, 1.82) is 0 Å². The van der Waals surface area contributed by atoms with E-state index in [4.69, 9.17) is 11.6 Å². The van der Waals surface area contributed by atoms with Crippen molar-refractivity contribution < 1.29 is 0 Å². The van der Waals surface area contributed by atoms with Crippen molar-refractivity contribution in [2.24, 2.45) is 0 Å². The largest absolute Gasteiger partial charge is 0.311 e. The average Bonchev–Trinajstić information content (AvgIpc) is 2.51. The second kappa shape index (κ2) is 7.03. The van der Waals surface area contributed by atoms with Crippen molar-refractivity contribution in [3.8, 4) is 0 Å². The molecule has 1 atom stereocenters. The summed E-state index contributed by atoms with van der Waals surface area (Å²) >= 11 is 6.20. The molecule has 3 nitrogen and oxygen atoms in total. The summed E-state index contributed by atoms with van der Waals surface area (Å²) in [7, 11) is 0. The lowest BCUT2D eigenvalue weighted by Crippen LogP contribution is -2.51. The number of rotatable bonds is 4. The van der Waals surface area contributed by atoms with Gasteiger partial charge in [-0.25, -0.2) is 0 Å². The standard InChI is InChI=1S/C17H20ClN3/c18-17-11-19-7-6-15(17)12-21-9-8-20-16(13-21)10-14-4-2-1-3-5-14/h1-7,11,16,20H,8-10,12-13H2. The Morgan fingerprint density at radius 1 is 1.24 bits per heavy atom. The van der Waals surface area contributed by atoms with Crippen LogP contribution in [0.3, 0.4) is 0 Å². The number of aromatic nitrogens is 1. The van der Waals surface area contributed by atoms with E-state index >= 15 is 0 Å². The molecule has 1 saturated heterocycles. The number of benzene rings is 1. The van der Waals surface area contributed by atoms with E-state index in [1.165, 1.54) is 5.56 Å². The summed E-state index contributed by atoms with van der Waals surface area (Å²) in [6.45, 7) is 4.03. The van der Waals surface area contributed by atoms with Crippen LogP contribution in [0.25, 0.3) is 0 Å². The Labute approximate surface area is 131 Å². The maximum Gasteiger partial charge on any atom is 0.0634 e. The molecule has 1 aliphatic heterocycles. The number of pyridine rings is 1. The van der Waals surface area contributed by atoms with Gasteiger partial charge in [0.1, 0.15) is 0 Å². The molecular formula is C17H20ClN3. The molecule has 0 aliphatic carbocycles. The van der Waals surface area contributed by atoms with Crippen LogP contribution in [0.1, 0.15) is 11.1 Å².